The third kappa shape index (κ3) is 3.84. The molecule has 0 unspecified atom stereocenters. The summed E-state index contributed by atoms with van der Waals surface area (Å²) in [6.45, 7) is 4.48. The number of hydrogen-bond acceptors (Lipinski definition) is 6. The number of aromatic nitrogens is 4. The maximum absolute atomic E-state index is 14.4. The van der Waals surface area contributed by atoms with Crippen molar-refractivity contribution in [3.8, 4) is 5.75 Å². The molecule has 1 fully saturated rings. The van der Waals surface area contributed by atoms with Gasteiger partial charge in [-0.05, 0) is 57.5 Å². The second-order valence-corrected chi connectivity index (χ2v) is 8.09. The number of halogens is 1. The SMILES string of the molecule is Fc1ccc2c(c1CNc1ncc(CCCN3CCCCC3)c3nncn13)CCO2. The van der Waals surface area contributed by atoms with Crippen LogP contribution in [-0.2, 0) is 19.4 Å². The summed E-state index contributed by atoms with van der Waals surface area (Å²) in [4.78, 5) is 7.13. The first kappa shape index (κ1) is 19.2. The van der Waals surface area contributed by atoms with Gasteiger partial charge in [0.15, 0.2) is 5.65 Å². The van der Waals surface area contributed by atoms with Crippen molar-refractivity contribution in [1.29, 1.82) is 0 Å². The molecule has 3 aromatic rings. The first-order chi connectivity index (χ1) is 14.8. The Morgan fingerprint density at radius 1 is 1.17 bits per heavy atom. The number of anilines is 1. The molecule has 2 aliphatic rings. The number of aryl methyl sites for hydroxylation is 1. The van der Waals surface area contributed by atoms with Crippen LogP contribution in [0.15, 0.2) is 24.7 Å². The third-order valence-electron chi connectivity index (χ3n) is 6.14. The Bertz CT molecular complexity index is 1030. The molecule has 158 valence electrons. The zero-order valence-corrected chi connectivity index (χ0v) is 17.1. The maximum atomic E-state index is 14.4. The zero-order chi connectivity index (χ0) is 20.3. The Labute approximate surface area is 175 Å². The van der Waals surface area contributed by atoms with Gasteiger partial charge in [0, 0.05) is 35.9 Å². The molecule has 4 heterocycles. The van der Waals surface area contributed by atoms with Crippen LogP contribution in [0, 0.1) is 5.82 Å². The van der Waals surface area contributed by atoms with Crippen LogP contribution in [0.3, 0.4) is 0 Å². The molecule has 7 nitrogen and oxygen atoms in total. The van der Waals surface area contributed by atoms with E-state index in [4.69, 9.17) is 4.74 Å². The molecule has 2 aromatic heterocycles. The quantitative estimate of drug-likeness (QED) is 0.645. The van der Waals surface area contributed by atoms with Crippen LogP contribution in [0.1, 0.15) is 42.4 Å². The number of likely N-dealkylation sites (tertiary alicyclic amines) is 1. The lowest BCUT2D eigenvalue weighted by Gasteiger charge is -2.26. The highest BCUT2D eigenvalue weighted by Gasteiger charge is 2.20. The molecule has 2 aliphatic heterocycles. The molecule has 0 spiro atoms. The highest BCUT2D eigenvalue weighted by atomic mass is 19.1. The lowest BCUT2D eigenvalue weighted by molar-refractivity contribution is 0.226. The van der Waals surface area contributed by atoms with Gasteiger partial charge < -0.3 is 15.0 Å². The average Bonchev–Trinajstić information content (AvgIpc) is 3.45. The first-order valence-electron chi connectivity index (χ1n) is 10.9. The second-order valence-electron chi connectivity index (χ2n) is 8.09. The lowest BCUT2D eigenvalue weighted by Crippen LogP contribution is -2.30. The fourth-order valence-electron chi connectivity index (χ4n) is 4.53. The van der Waals surface area contributed by atoms with E-state index in [1.165, 1.54) is 38.4 Å². The predicted molar refractivity (Wildman–Crippen MR) is 112 cm³/mol. The molecule has 30 heavy (non-hydrogen) atoms. The van der Waals surface area contributed by atoms with Gasteiger partial charge in [0.2, 0.25) is 5.95 Å². The molecule has 0 bridgehead atoms. The standard InChI is InChI=1S/C22H27FN6O/c23-19-6-7-20-17(8-12-30-20)18(19)14-25-22-24-13-16(21-27-26-15-29(21)22)5-4-11-28-9-2-1-3-10-28/h6-7,13,15H,1-5,8-12,14H2,(H,24,25). The van der Waals surface area contributed by atoms with Gasteiger partial charge in [-0.3, -0.25) is 4.40 Å². The van der Waals surface area contributed by atoms with E-state index < -0.39 is 0 Å². The molecule has 0 atom stereocenters. The number of rotatable bonds is 7. The van der Waals surface area contributed by atoms with Crippen LogP contribution in [0.4, 0.5) is 10.3 Å². The van der Waals surface area contributed by atoms with Gasteiger partial charge in [-0.2, -0.15) is 0 Å². The summed E-state index contributed by atoms with van der Waals surface area (Å²) in [5, 5.41) is 11.6. The molecule has 1 saturated heterocycles. The van der Waals surface area contributed by atoms with Crippen molar-refractivity contribution in [2.45, 2.75) is 45.1 Å². The summed E-state index contributed by atoms with van der Waals surface area (Å²) >= 11 is 0. The Morgan fingerprint density at radius 2 is 2.07 bits per heavy atom. The van der Waals surface area contributed by atoms with Crippen molar-refractivity contribution in [2.24, 2.45) is 0 Å². The van der Waals surface area contributed by atoms with E-state index in [1.807, 2.05) is 10.6 Å². The number of nitrogens with zero attached hydrogens (tertiary/aromatic N) is 5. The molecular formula is C22H27FN6O. The molecule has 8 heteroatoms. The van der Waals surface area contributed by atoms with Gasteiger partial charge in [-0.15, -0.1) is 10.2 Å². The van der Waals surface area contributed by atoms with Gasteiger partial charge >= 0.3 is 0 Å². The van der Waals surface area contributed by atoms with E-state index in [0.29, 0.717) is 24.7 Å². The molecule has 0 radical (unpaired) electrons. The number of piperidine rings is 1. The largest absolute Gasteiger partial charge is 0.493 e. The third-order valence-corrected chi connectivity index (χ3v) is 6.14. The Morgan fingerprint density at radius 3 is 2.97 bits per heavy atom. The summed E-state index contributed by atoms with van der Waals surface area (Å²) in [5.41, 5.74) is 3.49. The van der Waals surface area contributed by atoms with E-state index >= 15 is 0 Å². The number of nitrogens with one attached hydrogen (secondary N) is 1. The predicted octanol–water partition coefficient (Wildman–Crippen LogP) is 3.23. The van der Waals surface area contributed by atoms with Gasteiger partial charge in [0.1, 0.15) is 17.9 Å². The summed E-state index contributed by atoms with van der Waals surface area (Å²) in [6, 6.07) is 3.17. The fourth-order valence-corrected chi connectivity index (χ4v) is 4.53. The van der Waals surface area contributed by atoms with Crippen molar-refractivity contribution in [1.82, 2.24) is 24.5 Å². The van der Waals surface area contributed by atoms with Gasteiger partial charge in [-0.25, -0.2) is 9.37 Å². The van der Waals surface area contributed by atoms with Gasteiger partial charge in [-0.1, -0.05) is 6.42 Å². The van der Waals surface area contributed by atoms with Crippen molar-refractivity contribution in [3.63, 3.8) is 0 Å². The number of hydrogen-bond donors (Lipinski definition) is 1. The molecule has 1 N–H and O–H groups in total. The van der Waals surface area contributed by atoms with Gasteiger partial charge in [0.25, 0.3) is 0 Å². The minimum absolute atomic E-state index is 0.221. The van der Waals surface area contributed by atoms with Crippen LogP contribution in [-0.4, -0.2) is 50.7 Å². The topological polar surface area (TPSA) is 67.6 Å². The fraction of sp³-hybridized carbons (Fsp3) is 0.500. The first-order valence-corrected chi connectivity index (χ1v) is 10.9. The van der Waals surface area contributed by atoms with Crippen LogP contribution in [0.5, 0.6) is 5.75 Å². The van der Waals surface area contributed by atoms with Crippen LogP contribution < -0.4 is 10.1 Å². The Balaban J connectivity index is 1.28. The minimum atomic E-state index is -0.221. The molecule has 1 aromatic carbocycles. The summed E-state index contributed by atoms with van der Waals surface area (Å²) in [6.07, 6.45) is 10.3. The highest BCUT2D eigenvalue weighted by molar-refractivity contribution is 5.51. The average molecular weight is 410 g/mol. The maximum Gasteiger partial charge on any atom is 0.210 e. The van der Waals surface area contributed by atoms with Crippen LogP contribution in [0.2, 0.25) is 0 Å². The monoisotopic (exact) mass is 410 g/mol. The molecule has 0 saturated carbocycles. The number of ether oxygens (including phenoxy) is 1. The van der Waals surface area contributed by atoms with Gasteiger partial charge in [0.05, 0.1) is 6.61 Å². The molecule has 5 rings (SSSR count). The normalized spacial score (nSPS) is 16.6. The minimum Gasteiger partial charge on any atom is -0.493 e. The van der Waals surface area contributed by atoms with E-state index in [9.17, 15) is 4.39 Å². The van der Waals surface area contributed by atoms with Crippen LogP contribution >= 0.6 is 0 Å². The van der Waals surface area contributed by atoms with Crippen molar-refractivity contribution < 1.29 is 9.13 Å². The Hall–Kier alpha value is -2.74. The number of fused-ring (bicyclic) bond motifs is 2. The summed E-state index contributed by atoms with van der Waals surface area (Å²) in [7, 11) is 0. The van der Waals surface area contributed by atoms with E-state index in [2.05, 4.69) is 25.4 Å². The van der Waals surface area contributed by atoms with Crippen LogP contribution in [0.25, 0.3) is 5.65 Å². The Kier molecular flexibility index (Phi) is 5.48. The van der Waals surface area contributed by atoms with E-state index in [-0.39, 0.29) is 5.82 Å². The van der Waals surface area contributed by atoms with Crippen molar-refractivity contribution in [3.05, 3.63) is 47.2 Å². The zero-order valence-electron chi connectivity index (χ0n) is 17.1. The second kappa shape index (κ2) is 8.55. The molecule has 0 aliphatic carbocycles. The molecular weight excluding hydrogens is 383 g/mol. The molecule has 0 amide bonds. The number of benzene rings is 1. The highest BCUT2D eigenvalue weighted by Crippen LogP contribution is 2.30. The van der Waals surface area contributed by atoms with E-state index in [0.717, 1.165) is 48.3 Å². The summed E-state index contributed by atoms with van der Waals surface area (Å²) < 4.78 is 21.8. The van der Waals surface area contributed by atoms with Crippen molar-refractivity contribution >= 4 is 11.6 Å². The summed E-state index contributed by atoms with van der Waals surface area (Å²) in [5.74, 6) is 1.17. The van der Waals surface area contributed by atoms with E-state index in [1.54, 1.807) is 12.4 Å². The lowest BCUT2D eigenvalue weighted by atomic mass is 10.0. The van der Waals surface area contributed by atoms with Crippen molar-refractivity contribution in [2.75, 3.05) is 31.6 Å². The smallest absolute Gasteiger partial charge is 0.210 e.